The predicted octanol–water partition coefficient (Wildman–Crippen LogP) is -0.268. The maximum Gasteiger partial charge on any atom is 0.321 e. The van der Waals surface area contributed by atoms with Gasteiger partial charge in [0.25, 0.3) is 0 Å². The van der Waals surface area contributed by atoms with E-state index in [0.717, 1.165) is 0 Å². The molecule has 0 aliphatic carbocycles. The van der Waals surface area contributed by atoms with Crippen molar-refractivity contribution in [2.45, 2.75) is 26.8 Å². The topological polar surface area (TPSA) is 97.0 Å². The molecule has 0 bridgehead atoms. The van der Waals surface area contributed by atoms with Crippen LogP contribution in [0, 0.1) is 0 Å². The van der Waals surface area contributed by atoms with E-state index in [-0.39, 0.29) is 19.1 Å². The molecule has 0 atom stereocenters. The molecule has 0 fully saturated rings. The van der Waals surface area contributed by atoms with Crippen LogP contribution in [0.4, 0.5) is 4.79 Å². The van der Waals surface area contributed by atoms with Gasteiger partial charge in [-0.15, -0.1) is 0 Å². The lowest BCUT2D eigenvalue weighted by molar-refractivity contribution is -0.145. The Kier molecular flexibility index (Phi) is 10.2. The van der Waals surface area contributed by atoms with Crippen LogP contribution in [0.25, 0.3) is 0 Å². The number of imide groups is 1. The molecule has 21 heavy (non-hydrogen) atoms. The maximum atomic E-state index is 11.7. The Morgan fingerprint density at radius 2 is 1.86 bits per heavy atom. The molecule has 0 aromatic rings. The van der Waals surface area contributed by atoms with E-state index in [0.29, 0.717) is 19.8 Å². The van der Waals surface area contributed by atoms with Crippen molar-refractivity contribution in [1.29, 1.82) is 0 Å². The second kappa shape index (κ2) is 11.0. The van der Waals surface area contributed by atoms with Crippen molar-refractivity contribution in [1.82, 2.24) is 15.5 Å². The van der Waals surface area contributed by atoms with Crippen molar-refractivity contribution in [2.75, 3.05) is 40.0 Å². The average Bonchev–Trinajstić information content (AvgIpc) is 2.38. The van der Waals surface area contributed by atoms with Crippen molar-refractivity contribution < 1.29 is 23.9 Å². The number of hydrogen-bond donors (Lipinski definition) is 2. The van der Waals surface area contributed by atoms with Gasteiger partial charge in [0.2, 0.25) is 5.91 Å². The highest BCUT2D eigenvalue weighted by molar-refractivity contribution is 5.95. The molecule has 0 radical (unpaired) electrons. The molecule has 0 spiro atoms. The lowest BCUT2D eigenvalue weighted by Gasteiger charge is -2.24. The van der Waals surface area contributed by atoms with Crippen LogP contribution in [0.5, 0.6) is 0 Å². The van der Waals surface area contributed by atoms with Crippen molar-refractivity contribution in [2.24, 2.45) is 0 Å². The van der Waals surface area contributed by atoms with E-state index in [1.165, 1.54) is 7.11 Å². The summed E-state index contributed by atoms with van der Waals surface area (Å²) >= 11 is 0. The third-order valence-corrected chi connectivity index (χ3v) is 2.56. The van der Waals surface area contributed by atoms with E-state index in [9.17, 15) is 14.4 Å². The van der Waals surface area contributed by atoms with Crippen LogP contribution < -0.4 is 10.6 Å². The molecule has 0 saturated heterocycles. The Bertz CT molecular complexity index is 347. The molecule has 0 heterocycles. The monoisotopic (exact) mass is 303 g/mol. The van der Waals surface area contributed by atoms with Gasteiger partial charge in [-0.1, -0.05) is 0 Å². The average molecular weight is 303 g/mol. The van der Waals surface area contributed by atoms with Gasteiger partial charge in [-0.05, 0) is 20.8 Å². The van der Waals surface area contributed by atoms with Crippen LogP contribution in [-0.4, -0.2) is 68.8 Å². The summed E-state index contributed by atoms with van der Waals surface area (Å²) in [4.78, 5) is 36.2. The molecule has 0 saturated carbocycles. The predicted molar refractivity (Wildman–Crippen MR) is 76.8 cm³/mol. The summed E-state index contributed by atoms with van der Waals surface area (Å²) < 4.78 is 9.62. The number of rotatable bonds is 9. The summed E-state index contributed by atoms with van der Waals surface area (Å²) in [7, 11) is 1.51. The SMILES string of the molecule is CCOC(=O)CN(CC(=O)NC(=O)NCCOC)C(C)C. The fourth-order valence-electron chi connectivity index (χ4n) is 1.45. The Labute approximate surface area is 125 Å². The fourth-order valence-corrected chi connectivity index (χ4v) is 1.45. The van der Waals surface area contributed by atoms with Crippen LogP contribution in [0.15, 0.2) is 0 Å². The summed E-state index contributed by atoms with van der Waals surface area (Å²) in [5.41, 5.74) is 0. The number of methoxy groups -OCH3 is 1. The molecular weight excluding hydrogens is 278 g/mol. The zero-order chi connectivity index (χ0) is 16.3. The first-order valence-corrected chi connectivity index (χ1v) is 6.87. The number of esters is 1. The van der Waals surface area contributed by atoms with Crippen LogP contribution in [0.1, 0.15) is 20.8 Å². The van der Waals surface area contributed by atoms with E-state index >= 15 is 0 Å². The first-order chi connectivity index (χ1) is 9.90. The second-order valence-electron chi connectivity index (χ2n) is 4.60. The van der Waals surface area contributed by atoms with Crippen LogP contribution in [0.2, 0.25) is 0 Å². The van der Waals surface area contributed by atoms with Gasteiger partial charge in [0.1, 0.15) is 0 Å². The minimum Gasteiger partial charge on any atom is -0.465 e. The number of ether oxygens (including phenoxy) is 2. The lowest BCUT2D eigenvalue weighted by atomic mass is 10.3. The van der Waals surface area contributed by atoms with Crippen LogP contribution >= 0.6 is 0 Å². The number of hydrogen-bond acceptors (Lipinski definition) is 6. The number of nitrogens with zero attached hydrogens (tertiary/aromatic N) is 1. The summed E-state index contributed by atoms with van der Waals surface area (Å²) in [6, 6.07) is -0.617. The largest absolute Gasteiger partial charge is 0.465 e. The molecule has 8 heteroatoms. The normalized spacial score (nSPS) is 10.6. The van der Waals surface area contributed by atoms with Gasteiger partial charge in [0, 0.05) is 19.7 Å². The van der Waals surface area contributed by atoms with Gasteiger partial charge >= 0.3 is 12.0 Å². The van der Waals surface area contributed by atoms with Gasteiger partial charge < -0.3 is 14.8 Å². The fraction of sp³-hybridized carbons (Fsp3) is 0.769. The Hall–Kier alpha value is -1.67. The molecule has 8 nitrogen and oxygen atoms in total. The van der Waals surface area contributed by atoms with Gasteiger partial charge in [-0.25, -0.2) is 4.79 Å². The molecule has 0 aliphatic rings. The quantitative estimate of drug-likeness (QED) is 0.450. The van der Waals surface area contributed by atoms with E-state index in [1.807, 2.05) is 13.8 Å². The molecule has 3 amide bonds. The summed E-state index contributed by atoms with van der Waals surface area (Å²) in [5.74, 6) is -0.883. The zero-order valence-electron chi connectivity index (χ0n) is 13.1. The maximum absolute atomic E-state index is 11.7. The summed E-state index contributed by atoms with van der Waals surface area (Å²) in [6.07, 6.45) is 0. The number of amides is 3. The molecule has 0 aliphatic heterocycles. The first-order valence-electron chi connectivity index (χ1n) is 6.87. The van der Waals surface area contributed by atoms with Crippen molar-refractivity contribution >= 4 is 17.9 Å². The van der Waals surface area contributed by atoms with E-state index in [4.69, 9.17) is 9.47 Å². The molecule has 122 valence electrons. The summed E-state index contributed by atoms with van der Waals surface area (Å²) in [6.45, 7) is 6.33. The third kappa shape index (κ3) is 9.80. The zero-order valence-corrected chi connectivity index (χ0v) is 13.1. The smallest absolute Gasteiger partial charge is 0.321 e. The van der Waals surface area contributed by atoms with Crippen molar-refractivity contribution in [3.8, 4) is 0 Å². The second-order valence-corrected chi connectivity index (χ2v) is 4.60. The van der Waals surface area contributed by atoms with Crippen molar-refractivity contribution in [3.05, 3.63) is 0 Å². The third-order valence-electron chi connectivity index (χ3n) is 2.56. The van der Waals surface area contributed by atoms with E-state index in [2.05, 4.69) is 10.6 Å². The highest BCUT2D eigenvalue weighted by atomic mass is 16.5. The molecule has 0 rings (SSSR count). The Morgan fingerprint density at radius 3 is 2.38 bits per heavy atom. The van der Waals surface area contributed by atoms with Crippen molar-refractivity contribution in [3.63, 3.8) is 0 Å². The molecule has 0 aromatic heterocycles. The Balaban J connectivity index is 4.22. The van der Waals surface area contributed by atoms with Gasteiger partial charge in [0.05, 0.1) is 26.3 Å². The van der Waals surface area contributed by atoms with Crippen LogP contribution in [0.3, 0.4) is 0 Å². The standard InChI is InChI=1S/C13H25N3O5/c1-5-21-12(18)9-16(10(2)3)8-11(17)15-13(19)14-6-7-20-4/h10H,5-9H2,1-4H3,(H2,14,15,17,19). The molecular formula is C13H25N3O5. The van der Waals surface area contributed by atoms with Gasteiger partial charge in [-0.3, -0.25) is 19.8 Å². The number of urea groups is 1. The Morgan fingerprint density at radius 1 is 1.19 bits per heavy atom. The van der Waals surface area contributed by atoms with Gasteiger partial charge in [-0.2, -0.15) is 0 Å². The van der Waals surface area contributed by atoms with Gasteiger partial charge in [0.15, 0.2) is 0 Å². The van der Waals surface area contributed by atoms with E-state index < -0.39 is 17.9 Å². The number of carbonyl (C=O) groups excluding carboxylic acids is 3. The molecule has 0 aromatic carbocycles. The molecule has 2 N–H and O–H groups in total. The minimum atomic E-state index is -0.586. The van der Waals surface area contributed by atoms with E-state index in [1.54, 1.807) is 11.8 Å². The number of carbonyl (C=O) groups is 3. The highest BCUT2D eigenvalue weighted by Gasteiger charge is 2.19. The summed E-state index contributed by atoms with van der Waals surface area (Å²) in [5, 5.41) is 4.66. The highest BCUT2D eigenvalue weighted by Crippen LogP contribution is 1.98. The molecule has 0 unspecified atom stereocenters. The van der Waals surface area contributed by atoms with Crippen LogP contribution in [-0.2, 0) is 19.1 Å². The minimum absolute atomic E-state index is 0.00419. The lowest BCUT2D eigenvalue weighted by Crippen LogP contribution is -2.48. The first kappa shape index (κ1) is 19.3. The number of nitrogens with one attached hydrogen (secondary N) is 2.